The molecule has 200 valence electrons. The van der Waals surface area contributed by atoms with Crippen molar-refractivity contribution in [3.8, 4) is 5.75 Å². The smallest absolute Gasteiger partial charge is 0.295 e. The van der Waals surface area contributed by atoms with Crippen molar-refractivity contribution in [3.63, 3.8) is 0 Å². The Morgan fingerprint density at radius 2 is 1.62 bits per heavy atom. The summed E-state index contributed by atoms with van der Waals surface area (Å²) in [5, 5.41) is 0.454. The van der Waals surface area contributed by atoms with Gasteiger partial charge in [0.05, 0.1) is 23.6 Å². The largest absolute Gasteiger partial charge is 0.494 e. The van der Waals surface area contributed by atoms with E-state index in [-0.39, 0.29) is 22.9 Å². The third kappa shape index (κ3) is 4.99. The molecule has 0 aliphatic carbocycles. The number of unbranched alkanes of at least 4 members (excludes halogenated alkanes) is 3. The lowest BCUT2D eigenvalue weighted by molar-refractivity contribution is 0.0970. The number of ketones is 1. The second-order valence-electron chi connectivity index (χ2n) is 10.3. The summed E-state index contributed by atoms with van der Waals surface area (Å²) in [5.41, 5.74) is 4.36. The van der Waals surface area contributed by atoms with Crippen molar-refractivity contribution < 1.29 is 18.7 Å². The van der Waals surface area contributed by atoms with Crippen molar-refractivity contribution in [2.45, 2.75) is 59.4 Å². The van der Waals surface area contributed by atoms with Crippen LogP contribution in [0.25, 0.3) is 11.0 Å². The molecular formula is C33H33NO5. The second-order valence-corrected chi connectivity index (χ2v) is 10.3. The van der Waals surface area contributed by atoms with Crippen molar-refractivity contribution in [1.82, 2.24) is 0 Å². The number of hydrogen-bond donors (Lipinski definition) is 0. The number of carbonyl (C=O) groups is 2. The van der Waals surface area contributed by atoms with Crippen LogP contribution >= 0.6 is 0 Å². The fourth-order valence-electron chi connectivity index (χ4n) is 5.13. The highest BCUT2D eigenvalue weighted by atomic mass is 16.5. The third-order valence-electron chi connectivity index (χ3n) is 7.50. The molecule has 0 bridgehead atoms. The standard InChI is InChI=1S/C33H33NO5/c1-5-6-7-8-17-38-26-15-11-24(12-16-26)30-29-31(36)27-18-20(2)21(3)19-28(27)39-32(29)33(37)34(30)25-13-9-23(10-14-25)22(4)35/h9-16,18-19,30H,5-8,17H2,1-4H3. The molecule has 1 aliphatic rings. The number of aryl methyl sites for hydroxylation is 2. The molecule has 6 nitrogen and oxygen atoms in total. The molecule has 4 aromatic rings. The van der Waals surface area contributed by atoms with Crippen molar-refractivity contribution in [2.75, 3.05) is 11.5 Å². The average molecular weight is 524 g/mol. The van der Waals surface area contributed by atoms with Gasteiger partial charge in [0.1, 0.15) is 11.3 Å². The molecule has 0 radical (unpaired) electrons. The number of fused-ring (bicyclic) bond motifs is 2. The zero-order valence-electron chi connectivity index (χ0n) is 22.9. The Labute approximate surface area is 228 Å². The van der Waals surface area contributed by atoms with Crippen molar-refractivity contribution in [2.24, 2.45) is 0 Å². The summed E-state index contributed by atoms with van der Waals surface area (Å²) >= 11 is 0. The number of Topliss-reactive ketones (excluding diaryl/α,β-unsaturated/α-hetero) is 1. The summed E-state index contributed by atoms with van der Waals surface area (Å²) in [5.74, 6) is 0.341. The fourth-order valence-corrected chi connectivity index (χ4v) is 5.13. The zero-order valence-corrected chi connectivity index (χ0v) is 22.9. The number of ether oxygens (including phenoxy) is 1. The highest BCUT2D eigenvalue weighted by Gasteiger charge is 2.43. The van der Waals surface area contributed by atoms with Gasteiger partial charge < -0.3 is 9.15 Å². The quantitative estimate of drug-likeness (QED) is 0.170. The van der Waals surface area contributed by atoms with Gasteiger partial charge in [0.25, 0.3) is 5.91 Å². The number of carbonyl (C=O) groups excluding carboxylic acids is 2. The van der Waals surface area contributed by atoms with E-state index in [0.717, 1.165) is 35.3 Å². The summed E-state index contributed by atoms with van der Waals surface area (Å²) in [6.07, 6.45) is 4.50. The highest BCUT2D eigenvalue weighted by Crippen LogP contribution is 2.41. The van der Waals surface area contributed by atoms with Gasteiger partial charge >= 0.3 is 0 Å². The van der Waals surface area contributed by atoms with Crippen LogP contribution in [0.2, 0.25) is 0 Å². The molecule has 0 N–H and O–H groups in total. The minimum atomic E-state index is -0.684. The zero-order chi connectivity index (χ0) is 27.7. The number of rotatable bonds is 9. The van der Waals surface area contributed by atoms with Crippen molar-refractivity contribution in [1.29, 1.82) is 0 Å². The molecule has 0 saturated carbocycles. The lowest BCUT2D eigenvalue weighted by Crippen LogP contribution is -2.29. The average Bonchev–Trinajstić information content (AvgIpc) is 3.22. The Bertz CT molecular complexity index is 1600. The maximum atomic E-state index is 13.9. The van der Waals surface area contributed by atoms with E-state index in [1.54, 1.807) is 29.2 Å². The van der Waals surface area contributed by atoms with Gasteiger partial charge in [0, 0.05) is 11.3 Å². The number of benzene rings is 3. The third-order valence-corrected chi connectivity index (χ3v) is 7.50. The first kappa shape index (κ1) is 26.4. The Balaban J connectivity index is 1.59. The van der Waals surface area contributed by atoms with E-state index in [1.165, 1.54) is 19.8 Å². The van der Waals surface area contributed by atoms with Crippen molar-refractivity contribution >= 4 is 28.3 Å². The molecule has 2 heterocycles. The maximum absolute atomic E-state index is 13.9. The first-order valence-corrected chi connectivity index (χ1v) is 13.6. The lowest BCUT2D eigenvalue weighted by Gasteiger charge is -2.25. The Kier molecular flexibility index (Phi) is 7.38. The highest BCUT2D eigenvalue weighted by molar-refractivity contribution is 6.11. The van der Waals surface area contributed by atoms with Crippen LogP contribution in [0.5, 0.6) is 5.75 Å². The number of hydrogen-bond acceptors (Lipinski definition) is 5. The van der Waals surface area contributed by atoms with Gasteiger partial charge in [-0.1, -0.05) is 38.3 Å². The van der Waals surface area contributed by atoms with Gasteiger partial charge in [-0.25, -0.2) is 0 Å². The van der Waals surface area contributed by atoms with Crippen LogP contribution in [0, 0.1) is 13.8 Å². The van der Waals surface area contributed by atoms with Gasteiger partial charge in [0.15, 0.2) is 11.2 Å². The molecule has 3 aromatic carbocycles. The molecule has 6 heteroatoms. The van der Waals surface area contributed by atoms with E-state index >= 15 is 0 Å². The van der Waals surface area contributed by atoms with Crippen LogP contribution in [-0.2, 0) is 0 Å². The summed E-state index contributed by atoms with van der Waals surface area (Å²) in [6.45, 7) is 8.22. The van der Waals surface area contributed by atoms with E-state index in [4.69, 9.17) is 9.15 Å². The van der Waals surface area contributed by atoms with Gasteiger partial charge in [-0.05, 0) is 92.4 Å². The molecule has 39 heavy (non-hydrogen) atoms. The van der Waals surface area contributed by atoms with Crippen LogP contribution in [0.3, 0.4) is 0 Å². The molecule has 1 amide bonds. The molecule has 1 atom stereocenters. The van der Waals surface area contributed by atoms with E-state index in [2.05, 4.69) is 6.92 Å². The molecule has 5 rings (SSSR count). The number of amides is 1. The first-order chi connectivity index (χ1) is 18.8. The van der Waals surface area contributed by atoms with Crippen LogP contribution in [0.15, 0.2) is 69.9 Å². The summed E-state index contributed by atoms with van der Waals surface area (Å²) in [7, 11) is 0. The summed E-state index contributed by atoms with van der Waals surface area (Å²) in [4.78, 5) is 41.2. The van der Waals surface area contributed by atoms with Gasteiger partial charge in [-0.15, -0.1) is 0 Å². The Morgan fingerprint density at radius 1 is 0.923 bits per heavy atom. The number of anilines is 1. The number of nitrogens with zero attached hydrogens (tertiary/aromatic N) is 1. The van der Waals surface area contributed by atoms with Gasteiger partial charge in [0.2, 0.25) is 5.76 Å². The van der Waals surface area contributed by atoms with Gasteiger partial charge in [-0.3, -0.25) is 19.3 Å². The Hall–Kier alpha value is -4.19. The maximum Gasteiger partial charge on any atom is 0.295 e. The minimum Gasteiger partial charge on any atom is -0.494 e. The van der Waals surface area contributed by atoms with E-state index in [9.17, 15) is 14.4 Å². The summed E-state index contributed by atoms with van der Waals surface area (Å²) in [6, 6.07) is 17.4. The van der Waals surface area contributed by atoms with Crippen LogP contribution < -0.4 is 15.1 Å². The predicted molar refractivity (Wildman–Crippen MR) is 153 cm³/mol. The SMILES string of the molecule is CCCCCCOc1ccc(C2c3c(oc4cc(C)c(C)cc4c3=O)C(=O)N2c2ccc(C(C)=O)cc2)cc1. The minimum absolute atomic E-state index is 0.0487. The molecule has 1 unspecified atom stereocenters. The molecule has 0 spiro atoms. The molecule has 1 aliphatic heterocycles. The van der Waals surface area contributed by atoms with Crippen LogP contribution in [0.1, 0.15) is 88.7 Å². The predicted octanol–water partition coefficient (Wildman–Crippen LogP) is 7.32. The fraction of sp³-hybridized carbons (Fsp3) is 0.303. The monoisotopic (exact) mass is 523 g/mol. The molecule has 0 fully saturated rings. The van der Waals surface area contributed by atoms with Crippen LogP contribution in [0.4, 0.5) is 5.69 Å². The van der Waals surface area contributed by atoms with Crippen molar-refractivity contribution in [3.05, 3.63) is 104 Å². The topological polar surface area (TPSA) is 76.8 Å². The molecular weight excluding hydrogens is 490 g/mol. The van der Waals surface area contributed by atoms with Crippen LogP contribution in [-0.4, -0.2) is 18.3 Å². The Morgan fingerprint density at radius 3 is 2.28 bits per heavy atom. The molecule has 1 aromatic heterocycles. The summed E-state index contributed by atoms with van der Waals surface area (Å²) < 4.78 is 12.1. The first-order valence-electron chi connectivity index (χ1n) is 13.6. The second kappa shape index (κ2) is 10.9. The molecule has 0 saturated heterocycles. The van der Waals surface area contributed by atoms with E-state index in [1.807, 2.05) is 50.2 Å². The van der Waals surface area contributed by atoms with E-state index < -0.39 is 6.04 Å². The normalized spacial score (nSPS) is 14.6. The van der Waals surface area contributed by atoms with E-state index in [0.29, 0.717) is 34.4 Å². The van der Waals surface area contributed by atoms with Gasteiger partial charge in [-0.2, -0.15) is 0 Å². The lowest BCUT2D eigenvalue weighted by atomic mass is 9.97.